The molecule has 0 bridgehead atoms. The van der Waals surface area contributed by atoms with Gasteiger partial charge >= 0.3 is 5.97 Å². The molecule has 2 heterocycles. The molecule has 1 aliphatic carbocycles. The van der Waals surface area contributed by atoms with Crippen LogP contribution in [0.15, 0.2) is 18.2 Å². The Hall–Kier alpha value is -1.69. The summed E-state index contributed by atoms with van der Waals surface area (Å²) in [4.78, 5) is 18.6. The van der Waals surface area contributed by atoms with E-state index in [1.165, 1.54) is 23.5 Å². The number of ether oxygens (including phenoxy) is 1. The first-order chi connectivity index (χ1) is 10.7. The third-order valence-electron chi connectivity index (χ3n) is 4.43. The molecular formula is C16H17FN2O2S. The van der Waals surface area contributed by atoms with Crippen molar-refractivity contribution in [2.45, 2.75) is 31.8 Å². The molecule has 1 aromatic heterocycles. The van der Waals surface area contributed by atoms with Crippen LogP contribution in [0.25, 0.3) is 10.2 Å². The number of anilines is 1. The van der Waals surface area contributed by atoms with Gasteiger partial charge in [0.15, 0.2) is 5.13 Å². The number of hydrogen-bond acceptors (Lipinski definition) is 5. The van der Waals surface area contributed by atoms with Crippen molar-refractivity contribution in [3.8, 4) is 0 Å². The molecule has 116 valence electrons. The Bertz CT molecular complexity index is 705. The van der Waals surface area contributed by atoms with Crippen LogP contribution in [0.1, 0.15) is 25.7 Å². The number of benzene rings is 1. The van der Waals surface area contributed by atoms with Crippen molar-refractivity contribution in [3.63, 3.8) is 0 Å². The molecule has 1 aromatic carbocycles. The summed E-state index contributed by atoms with van der Waals surface area (Å²) in [6.07, 6.45) is 4.19. The lowest BCUT2D eigenvalue weighted by Crippen LogP contribution is -2.53. The summed E-state index contributed by atoms with van der Waals surface area (Å²) >= 11 is 1.48. The van der Waals surface area contributed by atoms with Crippen LogP contribution >= 0.6 is 11.3 Å². The summed E-state index contributed by atoms with van der Waals surface area (Å²) in [7, 11) is 0. The standard InChI is InChI=1S/C16H17FN2O2S/c17-11-5-6-13-14(7-11)22-16(18-13)19-8-12(9-19)21-15(20)10-3-1-2-4-10/h5-7,10,12H,1-4,8-9H2. The first-order valence-corrected chi connectivity index (χ1v) is 8.52. The van der Waals surface area contributed by atoms with Gasteiger partial charge in [-0.25, -0.2) is 9.37 Å². The number of halogens is 1. The van der Waals surface area contributed by atoms with Gasteiger partial charge < -0.3 is 9.64 Å². The van der Waals surface area contributed by atoms with Gasteiger partial charge in [-0.2, -0.15) is 0 Å². The second kappa shape index (κ2) is 5.50. The summed E-state index contributed by atoms with van der Waals surface area (Å²) in [6.45, 7) is 1.36. The number of thiazole rings is 1. The van der Waals surface area contributed by atoms with Crippen molar-refractivity contribution in [3.05, 3.63) is 24.0 Å². The Morgan fingerprint density at radius 1 is 1.32 bits per heavy atom. The SMILES string of the molecule is O=C(OC1CN(c2nc3ccc(F)cc3s2)C1)C1CCCC1. The number of rotatable bonds is 3. The highest BCUT2D eigenvalue weighted by Gasteiger charge is 2.34. The molecule has 0 N–H and O–H groups in total. The van der Waals surface area contributed by atoms with E-state index < -0.39 is 0 Å². The van der Waals surface area contributed by atoms with Crippen molar-refractivity contribution < 1.29 is 13.9 Å². The maximum atomic E-state index is 13.2. The Kier molecular flexibility index (Phi) is 3.48. The van der Waals surface area contributed by atoms with Crippen molar-refractivity contribution in [2.24, 2.45) is 5.92 Å². The number of carbonyl (C=O) groups excluding carboxylic acids is 1. The molecule has 22 heavy (non-hydrogen) atoms. The number of hydrogen-bond donors (Lipinski definition) is 0. The van der Waals surface area contributed by atoms with Crippen molar-refractivity contribution >= 4 is 32.7 Å². The van der Waals surface area contributed by atoms with Gasteiger partial charge in [-0.1, -0.05) is 24.2 Å². The largest absolute Gasteiger partial charge is 0.458 e. The second-order valence-electron chi connectivity index (χ2n) is 6.05. The van der Waals surface area contributed by atoms with E-state index in [4.69, 9.17) is 4.74 Å². The van der Waals surface area contributed by atoms with Crippen molar-refractivity contribution in [1.82, 2.24) is 4.98 Å². The molecule has 2 aromatic rings. The Balaban J connectivity index is 1.36. The van der Waals surface area contributed by atoms with Crippen LogP contribution in [0.4, 0.5) is 9.52 Å². The molecule has 0 unspecified atom stereocenters. The van der Waals surface area contributed by atoms with Gasteiger partial charge in [-0.15, -0.1) is 0 Å². The topological polar surface area (TPSA) is 42.4 Å². The van der Waals surface area contributed by atoms with Crippen molar-refractivity contribution in [1.29, 1.82) is 0 Å². The number of fused-ring (bicyclic) bond motifs is 1. The highest BCUT2D eigenvalue weighted by Crippen LogP contribution is 2.33. The van der Waals surface area contributed by atoms with Gasteiger partial charge in [0.2, 0.25) is 0 Å². The normalized spacial score (nSPS) is 19.6. The van der Waals surface area contributed by atoms with Crippen LogP contribution in [-0.2, 0) is 9.53 Å². The first-order valence-electron chi connectivity index (χ1n) is 7.70. The van der Waals surface area contributed by atoms with Crippen LogP contribution in [0, 0.1) is 11.7 Å². The van der Waals surface area contributed by atoms with E-state index in [1.54, 1.807) is 6.07 Å². The predicted molar refractivity (Wildman–Crippen MR) is 83.6 cm³/mol. The molecule has 1 saturated heterocycles. The molecule has 1 aliphatic heterocycles. The minimum absolute atomic E-state index is 0.0307. The van der Waals surface area contributed by atoms with Crippen LogP contribution in [0.5, 0.6) is 0 Å². The molecule has 4 rings (SSSR count). The van der Waals surface area contributed by atoms with Crippen LogP contribution in [-0.4, -0.2) is 30.1 Å². The maximum absolute atomic E-state index is 13.2. The minimum Gasteiger partial charge on any atom is -0.458 e. The fourth-order valence-electron chi connectivity index (χ4n) is 3.11. The highest BCUT2D eigenvalue weighted by atomic mass is 32.1. The van der Waals surface area contributed by atoms with E-state index in [0.29, 0.717) is 13.1 Å². The monoisotopic (exact) mass is 320 g/mol. The molecule has 0 spiro atoms. The third kappa shape index (κ3) is 2.56. The number of nitrogens with zero attached hydrogens (tertiary/aromatic N) is 2. The highest BCUT2D eigenvalue weighted by molar-refractivity contribution is 7.22. The zero-order valence-electron chi connectivity index (χ0n) is 12.1. The number of esters is 1. The molecule has 0 atom stereocenters. The van der Waals surface area contributed by atoms with Crippen molar-refractivity contribution in [2.75, 3.05) is 18.0 Å². The Morgan fingerprint density at radius 3 is 2.86 bits per heavy atom. The predicted octanol–water partition coefficient (Wildman–Crippen LogP) is 3.36. The van der Waals surface area contributed by atoms with Gasteiger partial charge in [0.05, 0.1) is 29.2 Å². The average molecular weight is 320 g/mol. The van der Waals surface area contributed by atoms with Gasteiger partial charge in [0.1, 0.15) is 11.9 Å². The fraction of sp³-hybridized carbons (Fsp3) is 0.500. The van der Waals surface area contributed by atoms with Crippen LogP contribution in [0.2, 0.25) is 0 Å². The minimum atomic E-state index is -0.241. The zero-order valence-corrected chi connectivity index (χ0v) is 12.9. The first kappa shape index (κ1) is 13.9. The van der Waals surface area contributed by atoms with E-state index in [-0.39, 0.29) is 23.8 Å². The van der Waals surface area contributed by atoms with E-state index in [0.717, 1.165) is 41.0 Å². The second-order valence-corrected chi connectivity index (χ2v) is 7.06. The molecule has 4 nitrogen and oxygen atoms in total. The van der Waals surface area contributed by atoms with Gasteiger partial charge in [0, 0.05) is 0 Å². The smallest absolute Gasteiger partial charge is 0.309 e. The molecule has 6 heteroatoms. The molecule has 1 saturated carbocycles. The third-order valence-corrected chi connectivity index (χ3v) is 5.51. The number of aromatic nitrogens is 1. The lowest BCUT2D eigenvalue weighted by atomic mass is 10.1. The summed E-state index contributed by atoms with van der Waals surface area (Å²) in [6, 6.07) is 4.63. The maximum Gasteiger partial charge on any atom is 0.309 e. The van der Waals surface area contributed by atoms with E-state index >= 15 is 0 Å². The van der Waals surface area contributed by atoms with Gasteiger partial charge in [-0.05, 0) is 31.0 Å². The lowest BCUT2D eigenvalue weighted by molar-refractivity contribution is -0.155. The van der Waals surface area contributed by atoms with Gasteiger partial charge in [-0.3, -0.25) is 4.79 Å². The van der Waals surface area contributed by atoms with Gasteiger partial charge in [0.25, 0.3) is 0 Å². The summed E-state index contributed by atoms with van der Waals surface area (Å²) in [5.74, 6) is -0.164. The molecular weight excluding hydrogens is 303 g/mol. The summed E-state index contributed by atoms with van der Waals surface area (Å²) in [5, 5.41) is 0.869. The van der Waals surface area contributed by atoms with E-state index in [2.05, 4.69) is 9.88 Å². The molecule has 0 amide bonds. The molecule has 2 fully saturated rings. The van der Waals surface area contributed by atoms with E-state index in [9.17, 15) is 9.18 Å². The lowest BCUT2D eigenvalue weighted by Gasteiger charge is -2.38. The quantitative estimate of drug-likeness (QED) is 0.813. The Morgan fingerprint density at radius 2 is 2.09 bits per heavy atom. The number of carbonyl (C=O) groups is 1. The molecule has 2 aliphatic rings. The fourth-order valence-corrected chi connectivity index (χ4v) is 4.12. The summed E-state index contributed by atoms with van der Waals surface area (Å²) in [5.41, 5.74) is 0.813. The average Bonchev–Trinajstić information content (AvgIpc) is 3.10. The Labute approximate surface area is 131 Å². The zero-order chi connectivity index (χ0) is 15.1. The van der Waals surface area contributed by atoms with E-state index in [1.807, 2.05) is 0 Å². The van der Waals surface area contributed by atoms with Crippen LogP contribution in [0.3, 0.4) is 0 Å². The summed E-state index contributed by atoms with van der Waals surface area (Å²) < 4.78 is 19.6. The molecule has 0 radical (unpaired) electrons. The van der Waals surface area contributed by atoms with Crippen LogP contribution < -0.4 is 4.90 Å².